The van der Waals surface area contributed by atoms with Gasteiger partial charge in [-0.1, -0.05) is 6.07 Å². The first-order valence-electron chi connectivity index (χ1n) is 10.0. The fourth-order valence-electron chi connectivity index (χ4n) is 3.68. The van der Waals surface area contributed by atoms with E-state index in [1.54, 1.807) is 17.5 Å². The number of aromatic nitrogens is 3. The largest absolute Gasteiger partial charge is 0.393 e. The molecule has 0 unspecified atom stereocenters. The number of piperidine rings is 1. The molecule has 2 aromatic heterocycles. The van der Waals surface area contributed by atoms with E-state index < -0.39 is 0 Å². The van der Waals surface area contributed by atoms with E-state index in [1.165, 1.54) is 16.0 Å². The number of likely N-dealkylation sites (tertiary alicyclic amines) is 1. The van der Waals surface area contributed by atoms with Gasteiger partial charge in [0.15, 0.2) is 0 Å². The third-order valence-electron chi connectivity index (χ3n) is 5.17. The van der Waals surface area contributed by atoms with Crippen molar-refractivity contribution in [3.63, 3.8) is 0 Å². The molecule has 3 aromatic rings. The van der Waals surface area contributed by atoms with Gasteiger partial charge in [0.1, 0.15) is 10.7 Å². The lowest BCUT2D eigenvalue weighted by molar-refractivity contribution is 0.0796. The molecule has 3 heterocycles. The minimum Gasteiger partial charge on any atom is -0.393 e. The molecule has 2 N–H and O–H groups in total. The summed E-state index contributed by atoms with van der Waals surface area (Å²) in [5.41, 5.74) is 5.28. The number of thiazole rings is 1. The van der Waals surface area contributed by atoms with Gasteiger partial charge in [0, 0.05) is 36.4 Å². The number of aliphatic hydroxyl groups is 1. The van der Waals surface area contributed by atoms with E-state index in [9.17, 15) is 5.11 Å². The Morgan fingerprint density at radius 3 is 2.55 bits per heavy atom. The van der Waals surface area contributed by atoms with Crippen LogP contribution in [0.15, 0.2) is 30.5 Å². The second-order valence-electron chi connectivity index (χ2n) is 7.80. The summed E-state index contributed by atoms with van der Waals surface area (Å²) in [6.07, 6.45) is 3.33. The van der Waals surface area contributed by atoms with Crippen LogP contribution in [0.1, 0.15) is 34.5 Å². The topological polar surface area (TPSA) is 74.2 Å². The molecule has 1 aliphatic rings. The smallest absolute Gasteiger partial charge is 0.227 e. The number of benzene rings is 1. The van der Waals surface area contributed by atoms with E-state index in [0.29, 0.717) is 5.95 Å². The lowest BCUT2D eigenvalue weighted by Gasteiger charge is -2.29. The quantitative estimate of drug-likeness (QED) is 0.657. The summed E-state index contributed by atoms with van der Waals surface area (Å²) in [4.78, 5) is 17.5. The average molecular weight is 410 g/mol. The first-order valence-corrected chi connectivity index (χ1v) is 10.8. The van der Waals surface area contributed by atoms with Crippen LogP contribution < -0.4 is 5.32 Å². The van der Waals surface area contributed by atoms with Crippen LogP contribution in [0.25, 0.3) is 10.7 Å². The zero-order valence-electron chi connectivity index (χ0n) is 17.1. The Morgan fingerprint density at radius 1 is 1.10 bits per heavy atom. The Hall–Kier alpha value is -2.35. The van der Waals surface area contributed by atoms with Gasteiger partial charge < -0.3 is 10.4 Å². The van der Waals surface area contributed by atoms with Gasteiger partial charge in [-0.25, -0.2) is 15.0 Å². The third kappa shape index (κ3) is 4.98. The van der Waals surface area contributed by atoms with Gasteiger partial charge in [-0.3, -0.25) is 4.90 Å². The summed E-state index contributed by atoms with van der Waals surface area (Å²) in [6.45, 7) is 8.98. The minimum atomic E-state index is -0.145. The van der Waals surface area contributed by atoms with Crippen molar-refractivity contribution >= 4 is 23.0 Å². The van der Waals surface area contributed by atoms with Gasteiger partial charge in [0.2, 0.25) is 5.95 Å². The van der Waals surface area contributed by atoms with Crippen molar-refractivity contribution in [3.8, 4) is 10.7 Å². The van der Waals surface area contributed by atoms with Gasteiger partial charge >= 0.3 is 0 Å². The highest BCUT2D eigenvalue weighted by Gasteiger charge is 2.19. The standard InChI is InChI=1S/C22H27N5OS/c1-14-10-15(2)12-17(11-14)25-22-23-7-4-19(26-22)21-24-16(3)20(29-21)13-27-8-5-18(28)6-9-27/h4,7,10-12,18,28H,5-6,8-9,13H2,1-3H3,(H,23,25,26). The Kier molecular flexibility index (Phi) is 5.89. The Labute approximate surface area is 175 Å². The molecule has 0 spiro atoms. The molecule has 1 aliphatic heterocycles. The Morgan fingerprint density at radius 2 is 1.83 bits per heavy atom. The van der Waals surface area contributed by atoms with Crippen LogP contribution in [0.4, 0.5) is 11.6 Å². The van der Waals surface area contributed by atoms with Gasteiger partial charge in [-0.05, 0) is 62.9 Å². The molecule has 1 aromatic carbocycles. The highest BCUT2D eigenvalue weighted by atomic mass is 32.1. The maximum atomic E-state index is 9.71. The van der Waals surface area contributed by atoms with Crippen molar-refractivity contribution in [2.45, 2.75) is 46.3 Å². The number of rotatable bonds is 5. The fraction of sp³-hybridized carbons (Fsp3) is 0.409. The Bertz CT molecular complexity index is 974. The number of hydrogen-bond donors (Lipinski definition) is 2. The van der Waals surface area contributed by atoms with Gasteiger partial charge in [-0.15, -0.1) is 11.3 Å². The van der Waals surface area contributed by atoms with Crippen LogP contribution in [0.2, 0.25) is 0 Å². The normalized spacial score (nSPS) is 15.6. The maximum absolute atomic E-state index is 9.71. The van der Waals surface area contributed by atoms with Gasteiger partial charge in [-0.2, -0.15) is 0 Å². The predicted octanol–water partition coefficient (Wildman–Crippen LogP) is 4.23. The molecule has 6 nitrogen and oxygen atoms in total. The van der Waals surface area contributed by atoms with Crippen molar-refractivity contribution in [2.24, 2.45) is 0 Å². The third-order valence-corrected chi connectivity index (χ3v) is 6.33. The van der Waals surface area contributed by atoms with Crippen LogP contribution >= 0.6 is 11.3 Å². The maximum Gasteiger partial charge on any atom is 0.227 e. The summed E-state index contributed by atoms with van der Waals surface area (Å²) >= 11 is 1.69. The lowest BCUT2D eigenvalue weighted by Crippen LogP contribution is -2.35. The molecule has 1 fully saturated rings. The number of aliphatic hydroxyl groups excluding tert-OH is 1. The van der Waals surface area contributed by atoms with E-state index in [2.05, 4.69) is 59.2 Å². The lowest BCUT2D eigenvalue weighted by atomic mass is 10.1. The molecule has 152 valence electrons. The molecule has 29 heavy (non-hydrogen) atoms. The van der Waals surface area contributed by atoms with E-state index in [4.69, 9.17) is 4.98 Å². The van der Waals surface area contributed by atoms with Crippen LogP contribution in [0.3, 0.4) is 0 Å². The average Bonchev–Trinajstić information content (AvgIpc) is 3.03. The number of nitrogens with one attached hydrogen (secondary N) is 1. The number of hydrogen-bond acceptors (Lipinski definition) is 7. The van der Waals surface area contributed by atoms with E-state index in [-0.39, 0.29) is 6.10 Å². The molecular formula is C22H27N5OS. The molecule has 1 saturated heterocycles. The fourth-order valence-corrected chi connectivity index (χ4v) is 4.75. The first kappa shape index (κ1) is 19.9. The minimum absolute atomic E-state index is 0.145. The molecule has 7 heteroatoms. The molecule has 0 atom stereocenters. The molecular weight excluding hydrogens is 382 g/mol. The van der Waals surface area contributed by atoms with Crippen LogP contribution in [0, 0.1) is 20.8 Å². The van der Waals surface area contributed by atoms with Crippen molar-refractivity contribution in [3.05, 3.63) is 52.2 Å². The van der Waals surface area contributed by atoms with Crippen LogP contribution in [-0.2, 0) is 6.54 Å². The van der Waals surface area contributed by atoms with Crippen molar-refractivity contribution in [1.29, 1.82) is 0 Å². The molecule has 0 saturated carbocycles. The summed E-state index contributed by atoms with van der Waals surface area (Å²) in [6, 6.07) is 8.23. The molecule has 0 radical (unpaired) electrons. The summed E-state index contributed by atoms with van der Waals surface area (Å²) in [7, 11) is 0. The van der Waals surface area contributed by atoms with Crippen LogP contribution in [-0.4, -0.2) is 44.2 Å². The van der Waals surface area contributed by atoms with Crippen LogP contribution in [0.5, 0.6) is 0 Å². The highest BCUT2D eigenvalue weighted by Crippen LogP contribution is 2.29. The van der Waals surface area contributed by atoms with E-state index >= 15 is 0 Å². The van der Waals surface area contributed by atoms with Crippen molar-refractivity contribution < 1.29 is 5.11 Å². The Balaban J connectivity index is 1.51. The molecule has 0 aliphatic carbocycles. The summed E-state index contributed by atoms with van der Waals surface area (Å²) in [5.74, 6) is 0.576. The molecule has 4 rings (SSSR count). The van der Waals surface area contributed by atoms with E-state index in [1.807, 2.05) is 6.07 Å². The monoisotopic (exact) mass is 409 g/mol. The van der Waals surface area contributed by atoms with Gasteiger partial charge in [0.25, 0.3) is 0 Å². The number of nitrogens with zero attached hydrogens (tertiary/aromatic N) is 4. The summed E-state index contributed by atoms with van der Waals surface area (Å²) in [5, 5.41) is 13.9. The highest BCUT2D eigenvalue weighted by molar-refractivity contribution is 7.15. The zero-order valence-corrected chi connectivity index (χ0v) is 18.0. The van der Waals surface area contributed by atoms with E-state index in [0.717, 1.165) is 54.6 Å². The zero-order chi connectivity index (χ0) is 20.4. The first-order chi connectivity index (χ1) is 14.0. The predicted molar refractivity (Wildman–Crippen MR) is 118 cm³/mol. The second-order valence-corrected chi connectivity index (χ2v) is 8.89. The molecule has 0 bridgehead atoms. The number of aryl methyl sites for hydroxylation is 3. The van der Waals surface area contributed by atoms with Crippen molar-refractivity contribution in [2.75, 3.05) is 18.4 Å². The second kappa shape index (κ2) is 8.57. The van der Waals surface area contributed by atoms with Gasteiger partial charge in [0.05, 0.1) is 11.8 Å². The molecule has 0 amide bonds. The number of anilines is 2. The van der Waals surface area contributed by atoms with Crippen molar-refractivity contribution in [1.82, 2.24) is 19.9 Å². The SMILES string of the molecule is Cc1cc(C)cc(Nc2nccc(-c3nc(C)c(CN4CCC(O)CC4)s3)n2)c1. The summed E-state index contributed by atoms with van der Waals surface area (Å²) < 4.78 is 0.